The van der Waals surface area contributed by atoms with E-state index in [0.29, 0.717) is 0 Å². The summed E-state index contributed by atoms with van der Waals surface area (Å²) in [5, 5.41) is 17.4. The van der Waals surface area contributed by atoms with Crippen molar-refractivity contribution >= 4 is 6.09 Å². The van der Waals surface area contributed by atoms with Gasteiger partial charge in [0.2, 0.25) is 0 Å². The van der Waals surface area contributed by atoms with E-state index in [4.69, 9.17) is 10.5 Å². The lowest BCUT2D eigenvalue weighted by molar-refractivity contribution is -0.0580. The third-order valence-corrected chi connectivity index (χ3v) is 4.85. The van der Waals surface area contributed by atoms with Crippen LogP contribution in [0, 0.1) is 11.8 Å². The van der Waals surface area contributed by atoms with Crippen LogP contribution in [0.4, 0.5) is 4.79 Å². The number of carbonyl (C=O) groups excluding carboxylic acids is 1. The van der Waals surface area contributed by atoms with Crippen molar-refractivity contribution in [2.75, 3.05) is 0 Å². The molecule has 0 aromatic heterocycles. The van der Waals surface area contributed by atoms with Gasteiger partial charge in [0.15, 0.2) is 11.3 Å². The molecule has 0 aromatic carbocycles. The number of nitrogens with two attached hydrogens (primary N) is 1. The summed E-state index contributed by atoms with van der Waals surface area (Å²) in [4.78, 5) is 11.2. The molecule has 3 aliphatic heterocycles. The molecule has 3 heterocycles. The lowest BCUT2D eigenvalue weighted by Crippen LogP contribution is -2.57. The van der Waals surface area contributed by atoms with Gasteiger partial charge >= 0.3 is 6.09 Å². The quantitative estimate of drug-likeness (QED) is 0.797. The van der Waals surface area contributed by atoms with E-state index in [1.54, 1.807) is 0 Å². The van der Waals surface area contributed by atoms with Crippen LogP contribution in [0.3, 0.4) is 0 Å². The Bertz CT molecular complexity index is 461. The van der Waals surface area contributed by atoms with Gasteiger partial charge in [-0.25, -0.2) is 4.79 Å². The zero-order valence-corrected chi connectivity index (χ0v) is 12.0. The number of hydrogen-bond donors (Lipinski definition) is 1. The van der Waals surface area contributed by atoms with Crippen LogP contribution < -0.4 is 5.73 Å². The fourth-order valence-corrected chi connectivity index (χ4v) is 3.86. The Morgan fingerprint density at radius 3 is 2.30 bits per heavy atom. The molecule has 0 spiro atoms. The molecule has 110 valence electrons. The molecule has 0 radical (unpaired) electrons. The average molecular weight is 279 g/mol. The first kappa shape index (κ1) is 13.5. The predicted molar refractivity (Wildman–Crippen MR) is 71.0 cm³/mol. The van der Waals surface area contributed by atoms with Crippen LogP contribution in [0.1, 0.15) is 46.0 Å². The third kappa shape index (κ3) is 1.99. The maximum absolute atomic E-state index is 11.2. The van der Waals surface area contributed by atoms with Crippen LogP contribution in [0.5, 0.6) is 0 Å². The number of carbonyl (C=O) groups is 1. The van der Waals surface area contributed by atoms with E-state index in [2.05, 4.69) is 20.5 Å². The molecule has 7 nitrogen and oxygen atoms in total. The van der Waals surface area contributed by atoms with Gasteiger partial charge in [0.05, 0.1) is 5.92 Å². The Labute approximate surface area is 118 Å². The largest absolute Gasteiger partial charge is 0.446 e. The first-order chi connectivity index (χ1) is 9.45. The van der Waals surface area contributed by atoms with Crippen LogP contribution >= 0.6 is 0 Å². The summed E-state index contributed by atoms with van der Waals surface area (Å²) < 4.78 is 5.39. The summed E-state index contributed by atoms with van der Waals surface area (Å²) in [6.45, 7) is 3.87. The van der Waals surface area contributed by atoms with Crippen LogP contribution in [-0.2, 0) is 4.74 Å². The molecule has 3 atom stereocenters. The molecule has 7 heteroatoms. The zero-order valence-electron chi connectivity index (χ0n) is 12.0. The second kappa shape index (κ2) is 4.49. The van der Waals surface area contributed by atoms with Crippen molar-refractivity contribution in [3.63, 3.8) is 0 Å². The van der Waals surface area contributed by atoms with Gasteiger partial charge in [0, 0.05) is 5.92 Å². The van der Waals surface area contributed by atoms with Gasteiger partial charge in [-0.3, -0.25) is 0 Å². The average Bonchev–Trinajstić information content (AvgIpc) is 2.35. The van der Waals surface area contributed by atoms with Gasteiger partial charge < -0.3 is 10.5 Å². The zero-order chi connectivity index (χ0) is 14.4. The maximum Gasteiger partial charge on any atom is 0.404 e. The van der Waals surface area contributed by atoms with E-state index in [0.717, 1.165) is 32.1 Å². The molecule has 1 aliphatic carbocycles. The Hall–Kier alpha value is -1.53. The van der Waals surface area contributed by atoms with E-state index in [-0.39, 0.29) is 17.9 Å². The van der Waals surface area contributed by atoms with Gasteiger partial charge in [0.25, 0.3) is 0 Å². The summed E-state index contributed by atoms with van der Waals surface area (Å²) in [6, 6.07) is 0. The Morgan fingerprint density at radius 1 is 1.05 bits per heavy atom. The van der Waals surface area contributed by atoms with Gasteiger partial charge in [-0.15, -0.1) is 0 Å². The molecule has 1 saturated carbocycles. The lowest BCUT2D eigenvalue weighted by atomic mass is 9.67. The highest BCUT2D eigenvalue weighted by Crippen LogP contribution is 2.53. The third-order valence-electron chi connectivity index (χ3n) is 4.85. The molecule has 2 bridgehead atoms. The standard InChI is InChI=1S/C13H21N5O2/c1-12-8-6-4-3-5-7-9(20-11(14)19)10(8)13(2,17-15-12)18-16-12/h8-10H,3-7H2,1-2H3,(H2,14,19). The molecule has 1 amide bonds. The molecule has 3 unspecified atom stereocenters. The Kier molecular flexibility index (Phi) is 3.02. The van der Waals surface area contributed by atoms with Crippen molar-refractivity contribution in [1.82, 2.24) is 0 Å². The highest BCUT2D eigenvalue weighted by atomic mass is 16.6. The summed E-state index contributed by atoms with van der Waals surface area (Å²) in [5.74, 6) is 0.211. The molecular formula is C13H21N5O2. The molecule has 1 fully saturated rings. The van der Waals surface area contributed by atoms with Crippen molar-refractivity contribution in [3.05, 3.63) is 0 Å². The van der Waals surface area contributed by atoms with E-state index in [9.17, 15) is 4.79 Å². The molecule has 4 rings (SSSR count). The summed E-state index contributed by atoms with van der Waals surface area (Å²) in [5.41, 5.74) is 3.91. The van der Waals surface area contributed by atoms with Crippen LogP contribution in [-0.4, -0.2) is 23.5 Å². The number of primary amides is 1. The molecule has 0 aromatic rings. The van der Waals surface area contributed by atoms with Gasteiger partial charge in [-0.1, -0.05) is 12.8 Å². The van der Waals surface area contributed by atoms with Gasteiger partial charge in [-0.05, 0) is 33.1 Å². The number of rotatable bonds is 1. The SMILES string of the molecule is CC12N=NC(C)(N=N1)C1C(OC(N)=O)CCCCCC12. The molecular weight excluding hydrogens is 258 g/mol. The van der Waals surface area contributed by atoms with Crippen molar-refractivity contribution in [2.24, 2.45) is 38.0 Å². The van der Waals surface area contributed by atoms with E-state index < -0.39 is 17.4 Å². The number of hydrogen-bond acceptors (Lipinski definition) is 6. The van der Waals surface area contributed by atoms with Crippen molar-refractivity contribution in [2.45, 2.75) is 63.4 Å². The number of azo groups is 2. The minimum atomic E-state index is -0.724. The molecule has 20 heavy (non-hydrogen) atoms. The van der Waals surface area contributed by atoms with Gasteiger partial charge in [0.1, 0.15) is 6.10 Å². The summed E-state index contributed by atoms with van der Waals surface area (Å²) >= 11 is 0. The summed E-state index contributed by atoms with van der Waals surface area (Å²) in [6.07, 6.45) is 4.14. The highest BCUT2D eigenvalue weighted by molar-refractivity contribution is 5.64. The first-order valence-electron chi connectivity index (χ1n) is 7.29. The van der Waals surface area contributed by atoms with Crippen molar-refractivity contribution in [1.29, 1.82) is 0 Å². The normalized spacial score (nSPS) is 46.4. The maximum atomic E-state index is 11.2. The van der Waals surface area contributed by atoms with E-state index in [1.165, 1.54) is 0 Å². The number of nitrogens with zero attached hydrogens (tertiary/aromatic N) is 4. The van der Waals surface area contributed by atoms with Crippen molar-refractivity contribution in [3.8, 4) is 0 Å². The van der Waals surface area contributed by atoms with Crippen LogP contribution in [0.2, 0.25) is 0 Å². The minimum absolute atomic E-state index is 0.00954. The minimum Gasteiger partial charge on any atom is -0.446 e. The van der Waals surface area contributed by atoms with Gasteiger partial charge in [-0.2, -0.15) is 20.5 Å². The van der Waals surface area contributed by atoms with Crippen LogP contribution in [0.15, 0.2) is 20.5 Å². The Balaban J connectivity index is 1.99. The number of amides is 1. The monoisotopic (exact) mass is 279 g/mol. The fourth-order valence-electron chi connectivity index (χ4n) is 3.86. The molecule has 4 aliphatic rings. The molecule has 0 saturated heterocycles. The predicted octanol–water partition coefficient (Wildman–Crippen LogP) is 3.01. The lowest BCUT2D eigenvalue weighted by Gasteiger charge is -2.50. The highest BCUT2D eigenvalue weighted by Gasteiger charge is 2.59. The summed E-state index contributed by atoms with van der Waals surface area (Å²) in [7, 11) is 0. The topological polar surface area (TPSA) is 102 Å². The smallest absolute Gasteiger partial charge is 0.404 e. The fraction of sp³-hybridized carbons (Fsp3) is 0.923. The number of ether oxygens (including phenoxy) is 1. The molecule has 2 N–H and O–H groups in total. The van der Waals surface area contributed by atoms with E-state index in [1.807, 2.05) is 13.8 Å². The van der Waals surface area contributed by atoms with Crippen molar-refractivity contribution < 1.29 is 9.53 Å². The van der Waals surface area contributed by atoms with Crippen LogP contribution in [0.25, 0.3) is 0 Å². The second-order valence-corrected chi connectivity index (χ2v) is 6.33. The first-order valence-corrected chi connectivity index (χ1v) is 7.29. The van der Waals surface area contributed by atoms with E-state index >= 15 is 0 Å². The second-order valence-electron chi connectivity index (χ2n) is 6.33. The Morgan fingerprint density at radius 2 is 1.65 bits per heavy atom.